The van der Waals surface area contributed by atoms with Crippen LogP contribution >= 0.6 is 0 Å². The molecule has 0 radical (unpaired) electrons. The van der Waals surface area contributed by atoms with Gasteiger partial charge in [-0.3, -0.25) is 0 Å². The van der Waals surface area contributed by atoms with Gasteiger partial charge in [0.1, 0.15) is 5.82 Å². The van der Waals surface area contributed by atoms with E-state index < -0.39 is 0 Å². The third kappa shape index (κ3) is 1.23. The molecule has 0 saturated carbocycles. The van der Waals surface area contributed by atoms with E-state index in [-0.39, 0.29) is 0 Å². The Morgan fingerprint density at radius 3 is 3.50 bits per heavy atom. The minimum atomic E-state index is 0.420. The number of aromatic nitrogens is 2. The number of rotatable bonds is 3. The molecule has 4 nitrogen and oxygen atoms in total. The van der Waals surface area contributed by atoms with Crippen molar-refractivity contribution in [1.29, 1.82) is 0 Å². The molecule has 0 saturated heterocycles. The Bertz CT molecular complexity index is 255. The molecule has 0 bridgehead atoms. The van der Waals surface area contributed by atoms with E-state index in [2.05, 4.69) is 14.9 Å². The van der Waals surface area contributed by atoms with E-state index in [1.165, 1.54) is 0 Å². The molecule has 0 spiro atoms. The monoisotopic (exact) mass is 166 g/mol. The summed E-state index contributed by atoms with van der Waals surface area (Å²) < 4.78 is 2.19. The zero-order chi connectivity index (χ0) is 8.39. The number of nitrogens with zero attached hydrogens (tertiary/aromatic N) is 2. The van der Waals surface area contributed by atoms with Crippen LogP contribution in [0.15, 0.2) is 12.4 Å². The van der Waals surface area contributed by atoms with Crippen molar-refractivity contribution >= 4 is 0 Å². The van der Waals surface area contributed by atoms with Crippen LogP contribution in [-0.2, 0) is 6.54 Å². The average Bonchev–Trinajstić information content (AvgIpc) is 2.62. The summed E-state index contributed by atoms with van der Waals surface area (Å²) in [5.74, 6) is 1.16. The van der Waals surface area contributed by atoms with Crippen LogP contribution in [0.4, 0.5) is 0 Å². The van der Waals surface area contributed by atoms with Gasteiger partial charge in [-0.15, -0.1) is 0 Å². The van der Waals surface area contributed by atoms with E-state index in [0.717, 1.165) is 25.3 Å². The summed E-state index contributed by atoms with van der Waals surface area (Å²) in [6.07, 6.45) is 5.02. The van der Waals surface area contributed by atoms with Gasteiger partial charge < -0.3 is 15.6 Å². The maximum atomic E-state index is 5.41. The number of nitrogens with two attached hydrogens (primary N) is 1. The Morgan fingerprint density at radius 1 is 1.75 bits per heavy atom. The van der Waals surface area contributed by atoms with Gasteiger partial charge in [-0.05, 0) is 6.42 Å². The number of aryl methyl sites for hydroxylation is 1. The summed E-state index contributed by atoms with van der Waals surface area (Å²) in [5.41, 5.74) is 5.41. The lowest BCUT2D eigenvalue weighted by Gasteiger charge is -2.08. The molecule has 2 rings (SSSR count). The van der Waals surface area contributed by atoms with Crippen molar-refractivity contribution in [3.05, 3.63) is 18.2 Å². The van der Waals surface area contributed by atoms with E-state index in [1.54, 1.807) is 0 Å². The predicted molar refractivity (Wildman–Crippen MR) is 46.6 cm³/mol. The van der Waals surface area contributed by atoms with Crippen molar-refractivity contribution < 1.29 is 0 Å². The molecular formula is C8H14N4. The first-order valence-electron chi connectivity index (χ1n) is 4.36. The normalized spacial score (nSPS) is 21.2. The zero-order valence-corrected chi connectivity index (χ0v) is 7.03. The van der Waals surface area contributed by atoms with E-state index in [1.807, 2.05) is 12.4 Å². The topological polar surface area (TPSA) is 55.9 Å². The minimum Gasteiger partial charge on any atom is -0.334 e. The van der Waals surface area contributed by atoms with Crippen molar-refractivity contribution in [2.45, 2.75) is 19.0 Å². The van der Waals surface area contributed by atoms with Crippen molar-refractivity contribution in [3.63, 3.8) is 0 Å². The van der Waals surface area contributed by atoms with Crippen LogP contribution in [0.1, 0.15) is 18.3 Å². The molecule has 1 aromatic heterocycles. The third-order valence-electron chi connectivity index (χ3n) is 2.25. The summed E-state index contributed by atoms with van der Waals surface area (Å²) >= 11 is 0. The second kappa shape index (κ2) is 3.25. The van der Waals surface area contributed by atoms with Crippen molar-refractivity contribution in [2.24, 2.45) is 5.73 Å². The molecule has 0 aromatic carbocycles. The lowest BCUT2D eigenvalue weighted by atomic mass is 10.2. The van der Waals surface area contributed by atoms with Gasteiger partial charge in [-0.1, -0.05) is 0 Å². The number of fused-ring (bicyclic) bond motifs is 1. The van der Waals surface area contributed by atoms with Gasteiger partial charge in [0, 0.05) is 32.0 Å². The maximum Gasteiger partial charge on any atom is 0.125 e. The van der Waals surface area contributed by atoms with Crippen molar-refractivity contribution in [3.8, 4) is 0 Å². The largest absolute Gasteiger partial charge is 0.334 e. The summed E-state index contributed by atoms with van der Waals surface area (Å²) in [6, 6.07) is 0.420. The highest BCUT2D eigenvalue weighted by atomic mass is 15.1. The Labute approximate surface area is 71.8 Å². The van der Waals surface area contributed by atoms with Gasteiger partial charge in [0.15, 0.2) is 0 Å². The lowest BCUT2D eigenvalue weighted by molar-refractivity contribution is 0.528. The van der Waals surface area contributed by atoms with Gasteiger partial charge in [0.05, 0.1) is 6.04 Å². The zero-order valence-electron chi connectivity index (χ0n) is 7.03. The minimum absolute atomic E-state index is 0.420. The first kappa shape index (κ1) is 7.76. The number of nitrogens with one attached hydrogen (secondary N) is 1. The molecule has 1 aromatic rings. The first-order chi connectivity index (χ1) is 5.92. The molecule has 66 valence electrons. The van der Waals surface area contributed by atoms with Crippen LogP contribution in [-0.4, -0.2) is 22.6 Å². The third-order valence-corrected chi connectivity index (χ3v) is 2.25. The summed E-state index contributed by atoms with van der Waals surface area (Å²) in [6.45, 7) is 2.65. The quantitative estimate of drug-likeness (QED) is 0.658. The fourth-order valence-electron chi connectivity index (χ4n) is 1.67. The van der Waals surface area contributed by atoms with E-state index >= 15 is 0 Å². The van der Waals surface area contributed by atoms with Crippen molar-refractivity contribution in [2.75, 3.05) is 13.1 Å². The highest BCUT2D eigenvalue weighted by Crippen LogP contribution is 2.22. The molecular weight excluding hydrogens is 152 g/mol. The molecule has 1 unspecified atom stereocenters. The maximum absolute atomic E-state index is 5.41. The molecule has 0 amide bonds. The van der Waals surface area contributed by atoms with E-state index in [0.29, 0.717) is 12.6 Å². The van der Waals surface area contributed by atoms with E-state index in [4.69, 9.17) is 5.73 Å². The SMILES string of the molecule is NCCNC1CCn2ccnc21. The smallest absolute Gasteiger partial charge is 0.125 e. The number of hydrogen-bond acceptors (Lipinski definition) is 3. The van der Waals surface area contributed by atoms with Crippen LogP contribution < -0.4 is 11.1 Å². The molecule has 0 aliphatic carbocycles. The molecule has 1 aliphatic heterocycles. The Balaban J connectivity index is 2.02. The second-order valence-electron chi connectivity index (χ2n) is 3.06. The fraction of sp³-hybridized carbons (Fsp3) is 0.625. The van der Waals surface area contributed by atoms with Gasteiger partial charge in [0.2, 0.25) is 0 Å². The molecule has 1 aliphatic rings. The van der Waals surface area contributed by atoms with Crippen molar-refractivity contribution in [1.82, 2.24) is 14.9 Å². The summed E-state index contributed by atoms with van der Waals surface area (Å²) in [7, 11) is 0. The predicted octanol–water partition coefficient (Wildman–Crippen LogP) is -0.124. The molecule has 3 N–H and O–H groups in total. The summed E-state index contributed by atoms with van der Waals surface area (Å²) in [5, 5.41) is 3.37. The first-order valence-corrected chi connectivity index (χ1v) is 4.36. The Hall–Kier alpha value is -0.870. The molecule has 12 heavy (non-hydrogen) atoms. The number of hydrogen-bond donors (Lipinski definition) is 2. The van der Waals surface area contributed by atoms with Gasteiger partial charge in [-0.25, -0.2) is 4.98 Å². The van der Waals surface area contributed by atoms with Gasteiger partial charge in [-0.2, -0.15) is 0 Å². The summed E-state index contributed by atoms with van der Waals surface area (Å²) in [4.78, 5) is 4.29. The highest BCUT2D eigenvalue weighted by Gasteiger charge is 2.21. The molecule has 2 heterocycles. The van der Waals surface area contributed by atoms with Crippen LogP contribution in [0.3, 0.4) is 0 Å². The number of imidazole rings is 1. The Kier molecular flexibility index (Phi) is 2.10. The molecule has 4 heteroatoms. The van der Waals surface area contributed by atoms with Gasteiger partial charge >= 0.3 is 0 Å². The lowest BCUT2D eigenvalue weighted by Crippen LogP contribution is -2.26. The standard InChI is InChI=1S/C8H14N4/c9-2-3-10-7-1-5-12-6-4-11-8(7)12/h4,6-7,10H,1-3,5,9H2. The van der Waals surface area contributed by atoms with Crippen LogP contribution in [0.2, 0.25) is 0 Å². The van der Waals surface area contributed by atoms with Crippen LogP contribution in [0.25, 0.3) is 0 Å². The average molecular weight is 166 g/mol. The van der Waals surface area contributed by atoms with E-state index in [9.17, 15) is 0 Å². The van der Waals surface area contributed by atoms with Gasteiger partial charge in [0.25, 0.3) is 0 Å². The molecule has 1 atom stereocenters. The molecule has 0 fully saturated rings. The highest BCUT2D eigenvalue weighted by molar-refractivity contribution is 5.04. The second-order valence-corrected chi connectivity index (χ2v) is 3.06. The van der Waals surface area contributed by atoms with Crippen LogP contribution in [0, 0.1) is 0 Å². The Morgan fingerprint density at radius 2 is 2.67 bits per heavy atom. The fourth-order valence-corrected chi connectivity index (χ4v) is 1.67. The van der Waals surface area contributed by atoms with Crippen LogP contribution in [0.5, 0.6) is 0 Å².